The fourth-order valence-corrected chi connectivity index (χ4v) is 5.65. The third-order valence-electron chi connectivity index (χ3n) is 6.74. The number of carbonyl (C=O) groups excluding carboxylic acids is 1. The molecule has 2 heterocycles. The standard InChI is InChI=1S/C24H26FN3O2S/c1-15-26-20-12-17(4-6-22(20)31-15)27-23(29)18-13-24(18)7-9-28(10-8-24)14-16-3-5-19(25)21(11-16)30-2/h3-6,11-12,18H,7-10,13-14H2,1-2H3,(H,27,29). The lowest BCUT2D eigenvalue weighted by Crippen LogP contribution is -2.35. The summed E-state index contributed by atoms with van der Waals surface area (Å²) in [6.07, 6.45) is 3.01. The molecule has 0 bridgehead atoms. The number of hydrogen-bond acceptors (Lipinski definition) is 5. The van der Waals surface area contributed by atoms with E-state index in [-0.39, 0.29) is 28.8 Å². The van der Waals surface area contributed by atoms with Crippen LogP contribution in [0, 0.1) is 24.1 Å². The number of piperidine rings is 1. The van der Waals surface area contributed by atoms with Crippen molar-refractivity contribution in [1.82, 2.24) is 9.88 Å². The van der Waals surface area contributed by atoms with Crippen molar-refractivity contribution >= 4 is 33.1 Å². The number of amides is 1. The lowest BCUT2D eigenvalue weighted by molar-refractivity contribution is -0.118. The molecular formula is C24H26FN3O2S. The molecule has 2 fully saturated rings. The van der Waals surface area contributed by atoms with Crippen molar-refractivity contribution in [3.05, 3.63) is 52.8 Å². The summed E-state index contributed by atoms with van der Waals surface area (Å²) in [6.45, 7) is 4.67. The van der Waals surface area contributed by atoms with E-state index in [2.05, 4.69) is 15.2 Å². The zero-order valence-electron chi connectivity index (χ0n) is 17.8. The summed E-state index contributed by atoms with van der Waals surface area (Å²) in [6, 6.07) is 11.0. The number of aryl methyl sites for hydroxylation is 1. The smallest absolute Gasteiger partial charge is 0.228 e. The predicted molar refractivity (Wildman–Crippen MR) is 121 cm³/mol. The van der Waals surface area contributed by atoms with Crippen LogP contribution in [0.25, 0.3) is 10.2 Å². The molecule has 1 aromatic heterocycles. The minimum atomic E-state index is -0.334. The number of fused-ring (bicyclic) bond motifs is 1. The van der Waals surface area contributed by atoms with E-state index in [0.29, 0.717) is 0 Å². The molecule has 3 aromatic rings. The molecule has 7 heteroatoms. The number of likely N-dealkylation sites (tertiary alicyclic amines) is 1. The van der Waals surface area contributed by atoms with Gasteiger partial charge in [-0.25, -0.2) is 9.37 Å². The highest BCUT2D eigenvalue weighted by atomic mass is 32.1. The highest BCUT2D eigenvalue weighted by Crippen LogP contribution is 2.59. The summed E-state index contributed by atoms with van der Waals surface area (Å²) in [5, 5.41) is 4.14. The van der Waals surface area contributed by atoms with Crippen LogP contribution in [-0.4, -0.2) is 36.0 Å². The topological polar surface area (TPSA) is 54.5 Å². The monoisotopic (exact) mass is 439 g/mol. The van der Waals surface area contributed by atoms with Gasteiger partial charge < -0.3 is 10.1 Å². The Balaban J connectivity index is 1.16. The number of rotatable bonds is 5. The van der Waals surface area contributed by atoms with Crippen LogP contribution in [0.4, 0.5) is 10.1 Å². The quantitative estimate of drug-likeness (QED) is 0.608. The number of benzene rings is 2. The van der Waals surface area contributed by atoms with E-state index in [1.807, 2.05) is 31.2 Å². The third-order valence-corrected chi connectivity index (χ3v) is 7.69. The lowest BCUT2D eigenvalue weighted by atomic mass is 9.90. The van der Waals surface area contributed by atoms with Crippen LogP contribution in [0.15, 0.2) is 36.4 Å². The van der Waals surface area contributed by atoms with Gasteiger partial charge in [0.1, 0.15) is 0 Å². The highest BCUT2D eigenvalue weighted by Gasteiger charge is 2.58. The van der Waals surface area contributed by atoms with E-state index in [1.165, 1.54) is 13.2 Å². The summed E-state index contributed by atoms with van der Waals surface area (Å²) in [5.74, 6) is 0.173. The molecule has 1 amide bonds. The number of anilines is 1. The van der Waals surface area contributed by atoms with Crippen LogP contribution >= 0.6 is 11.3 Å². The summed E-state index contributed by atoms with van der Waals surface area (Å²) < 4.78 is 19.9. The molecule has 162 valence electrons. The van der Waals surface area contributed by atoms with E-state index < -0.39 is 0 Å². The molecule has 1 spiro atoms. The Hall–Kier alpha value is -2.51. The molecule has 1 aliphatic heterocycles. The molecule has 1 saturated heterocycles. The second-order valence-corrected chi connectivity index (χ2v) is 10.0. The van der Waals surface area contributed by atoms with Gasteiger partial charge in [-0.3, -0.25) is 9.69 Å². The van der Waals surface area contributed by atoms with Gasteiger partial charge in [0.2, 0.25) is 5.91 Å². The first-order valence-electron chi connectivity index (χ1n) is 10.7. The molecule has 2 aromatic carbocycles. The predicted octanol–water partition coefficient (Wildman–Crippen LogP) is 4.99. The minimum Gasteiger partial charge on any atom is -0.494 e. The maximum atomic E-state index is 13.6. The van der Waals surface area contributed by atoms with Gasteiger partial charge in [0.15, 0.2) is 11.6 Å². The summed E-state index contributed by atoms with van der Waals surface area (Å²) in [4.78, 5) is 19.8. The fourth-order valence-electron chi connectivity index (χ4n) is 4.84. The van der Waals surface area contributed by atoms with Gasteiger partial charge in [0, 0.05) is 18.2 Å². The summed E-state index contributed by atoms with van der Waals surface area (Å²) >= 11 is 1.67. The lowest BCUT2D eigenvalue weighted by Gasteiger charge is -2.32. The third kappa shape index (κ3) is 4.04. The molecule has 1 atom stereocenters. The maximum Gasteiger partial charge on any atom is 0.228 e. The van der Waals surface area contributed by atoms with Crippen LogP contribution in [0.3, 0.4) is 0 Å². The van der Waals surface area contributed by atoms with Gasteiger partial charge in [-0.05, 0) is 80.6 Å². The second kappa shape index (κ2) is 7.88. The number of ether oxygens (including phenoxy) is 1. The molecule has 31 heavy (non-hydrogen) atoms. The van der Waals surface area contributed by atoms with Crippen molar-refractivity contribution in [2.75, 3.05) is 25.5 Å². The summed E-state index contributed by atoms with van der Waals surface area (Å²) in [7, 11) is 1.49. The number of carbonyl (C=O) groups is 1. The number of thiazole rings is 1. The largest absolute Gasteiger partial charge is 0.494 e. The van der Waals surface area contributed by atoms with Crippen molar-refractivity contribution in [3.63, 3.8) is 0 Å². The van der Waals surface area contributed by atoms with Gasteiger partial charge in [-0.15, -0.1) is 11.3 Å². The minimum absolute atomic E-state index is 0.0911. The molecule has 5 nitrogen and oxygen atoms in total. The fraction of sp³-hybridized carbons (Fsp3) is 0.417. The van der Waals surface area contributed by atoms with Gasteiger partial charge in [0.25, 0.3) is 0 Å². The van der Waals surface area contributed by atoms with E-state index in [1.54, 1.807) is 17.4 Å². The van der Waals surface area contributed by atoms with Gasteiger partial charge in [-0.1, -0.05) is 6.07 Å². The Bertz CT molecular complexity index is 1140. The van der Waals surface area contributed by atoms with Crippen molar-refractivity contribution in [3.8, 4) is 5.75 Å². The Morgan fingerprint density at radius 1 is 1.29 bits per heavy atom. The zero-order chi connectivity index (χ0) is 21.6. The van der Waals surface area contributed by atoms with E-state index in [4.69, 9.17) is 4.74 Å². The molecular weight excluding hydrogens is 413 g/mol. The SMILES string of the molecule is COc1cc(CN2CCC3(CC2)CC3C(=O)Nc2ccc3sc(C)nc3c2)ccc1F. The maximum absolute atomic E-state index is 13.6. The van der Waals surface area contributed by atoms with Crippen LogP contribution in [0.1, 0.15) is 29.8 Å². The van der Waals surface area contributed by atoms with Crippen molar-refractivity contribution in [1.29, 1.82) is 0 Å². The highest BCUT2D eigenvalue weighted by molar-refractivity contribution is 7.18. The number of nitrogens with zero attached hydrogens (tertiary/aromatic N) is 2. The van der Waals surface area contributed by atoms with Gasteiger partial charge in [0.05, 0.1) is 22.3 Å². The average molecular weight is 440 g/mol. The van der Waals surface area contributed by atoms with Crippen LogP contribution < -0.4 is 10.1 Å². The number of nitrogens with one attached hydrogen (secondary N) is 1. The van der Waals surface area contributed by atoms with Crippen LogP contribution in [-0.2, 0) is 11.3 Å². The van der Waals surface area contributed by atoms with Crippen LogP contribution in [0.5, 0.6) is 5.75 Å². The first-order valence-corrected chi connectivity index (χ1v) is 11.5. The second-order valence-electron chi connectivity index (χ2n) is 8.77. The number of methoxy groups -OCH3 is 1. The number of aromatic nitrogens is 1. The molecule has 0 radical (unpaired) electrons. The Labute approximate surface area is 185 Å². The molecule has 1 saturated carbocycles. The first-order chi connectivity index (χ1) is 15.0. The van der Waals surface area contributed by atoms with E-state index >= 15 is 0 Å². The Morgan fingerprint density at radius 3 is 2.87 bits per heavy atom. The average Bonchev–Trinajstić information content (AvgIpc) is 3.33. The first kappa shape index (κ1) is 20.4. The number of halogens is 1. The molecule has 1 unspecified atom stereocenters. The van der Waals surface area contributed by atoms with Crippen molar-refractivity contribution in [2.24, 2.45) is 11.3 Å². The Kier molecular flexibility index (Phi) is 5.18. The zero-order valence-corrected chi connectivity index (χ0v) is 18.6. The van der Waals surface area contributed by atoms with E-state index in [9.17, 15) is 9.18 Å². The number of hydrogen-bond donors (Lipinski definition) is 1. The Morgan fingerprint density at radius 2 is 2.10 bits per heavy atom. The van der Waals surface area contributed by atoms with E-state index in [0.717, 1.165) is 65.4 Å². The van der Waals surface area contributed by atoms with Gasteiger partial charge in [-0.2, -0.15) is 0 Å². The van der Waals surface area contributed by atoms with Crippen LogP contribution in [0.2, 0.25) is 0 Å². The van der Waals surface area contributed by atoms with Crippen molar-refractivity contribution in [2.45, 2.75) is 32.7 Å². The molecule has 1 N–H and O–H groups in total. The van der Waals surface area contributed by atoms with Gasteiger partial charge >= 0.3 is 0 Å². The normalized spacial score (nSPS) is 20.2. The molecule has 1 aliphatic carbocycles. The van der Waals surface area contributed by atoms with Crippen molar-refractivity contribution < 1.29 is 13.9 Å². The summed E-state index contributed by atoms with van der Waals surface area (Å²) in [5.41, 5.74) is 2.96. The molecule has 5 rings (SSSR count). The molecule has 2 aliphatic rings.